The molecule has 3 N–H and O–H groups in total. The second-order valence-corrected chi connectivity index (χ2v) is 5.89. The summed E-state index contributed by atoms with van der Waals surface area (Å²) in [4.78, 5) is 26.1. The minimum Gasteiger partial charge on any atom is -0.447 e. The van der Waals surface area contributed by atoms with Gasteiger partial charge in [0.2, 0.25) is 0 Å². The van der Waals surface area contributed by atoms with Gasteiger partial charge in [0.25, 0.3) is 5.56 Å². The first-order chi connectivity index (χ1) is 11.7. The molecule has 0 atom stereocenters. The maximum atomic E-state index is 12.5. The number of nitrogens with one attached hydrogen (secondary N) is 1. The Morgan fingerprint density at radius 1 is 1.29 bits per heavy atom. The van der Waals surface area contributed by atoms with Gasteiger partial charge in [0.1, 0.15) is 11.6 Å². The zero-order chi connectivity index (χ0) is 16.5. The van der Waals surface area contributed by atoms with Crippen LogP contribution in [0.5, 0.6) is 0 Å². The van der Waals surface area contributed by atoms with Crippen LogP contribution in [0.4, 0.5) is 5.69 Å². The Hall–Kier alpha value is -2.93. The third kappa shape index (κ3) is 2.81. The smallest absolute Gasteiger partial charge is 0.255 e. The molecule has 7 heteroatoms. The van der Waals surface area contributed by atoms with Crippen LogP contribution in [0.3, 0.4) is 0 Å². The van der Waals surface area contributed by atoms with Crippen LogP contribution in [0.15, 0.2) is 46.1 Å². The van der Waals surface area contributed by atoms with Gasteiger partial charge in [-0.1, -0.05) is 0 Å². The van der Waals surface area contributed by atoms with Crippen molar-refractivity contribution in [1.29, 1.82) is 0 Å². The minimum atomic E-state index is -0.0888. The van der Waals surface area contributed by atoms with Crippen LogP contribution in [0.2, 0.25) is 0 Å². The van der Waals surface area contributed by atoms with Crippen molar-refractivity contribution in [3.8, 4) is 11.4 Å². The van der Waals surface area contributed by atoms with Gasteiger partial charge < -0.3 is 15.1 Å². The van der Waals surface area contributed by atoms with Crippen molar-refractivity contribution in [1.82, 2.24) is 19.9 Å². The topological polar surface area (TPSA) is 101 Å². The summed E-state index contributed by atoms with van der Waals surface area (Å²) in [5.74, 6) is 1.38. The lowest BCUT2D eigenvalue weighted by Crippen LogP contribution is -2.35. The van der Waals surface area contributed by atoms with Gasteiger partial charge in [0.05, 0.1) is 24.0 Å². The quantitative estimate of drug-likeness (QED) is 0.710. The van der Waals surface area contributed by atoms with E-state index in [1.807, 2.05) is 12.1 Å². The first kappa shape index (κ1) is 14.6. The van der Waals surface area contributed by atoms with Gasteiger partial charge in [-0.3, -0.25) is 9.69 Å². The van der Waals surface area contributed by atoms with Crippen LogP contribution in [0.25, 0.3) is 11.4 Å². The second-order valence-electron chi connectivity index (χ2n) is 5.89. The SMILES string of the molecule is Nc1ccc(-c2nc3c(c(=O)[nH]2)CN(Cc2cnco2)CC3)cc1. The van der Waals surface area contributed by atoms with Gasteiger partial charge in [-0.2, -0.15) is 0 Å². The summed E-state index contributed by atoms with van der Waals surface area (Å²) in [6, 6.07) is 7.32. The molecule has 0 radical (unpaired) electrons. The number of H-pyrrole nitrogens is 1. The molecule has 0 spiro atoms. The van der Waals surface area contributed by atoms with E-state index in [1.54, 1.807) is 18.3 Å². The predicted octanol–water partition coefficient (Wildman–Crippen LogP) is 1.57. The van der Waals surface area contributed by atoms with Crippen LogP contribution in [0.1, 0.15) is 17.0 Å². The van der Waals surface area contributed by atoms with E-state index in [-0.39, 0.29) is 5.56 Å². The third-order valence-electron chi connectivity index (χ3n) is 4.19. The molecule has 7 nitrogen and oxygen atoms in total. The van der Waals surface area contributed by atoms with Gasteiger partial charge in [0, 0.05) is 30.8 Å². The number of hydrogen-bond acceptors (Lipinski definition) is 6. The predicted molar refractivity (Wildman–Crippen MR) is 89.0 cm³/mol. The third-order valence-corrected chi connectivity index (χ3v) is 4.19. The number of hydrogen-bond donors (Lipinski definition) is 2. The molecule has 2 aromatic heterocycles. The minimum absolute atomic E-state index is 0.0888. The number of aromatic amines is 1. The van der Waals surface area contributed by atoms with Crippen molar-refractivity contribution in [3.05, 3.63) is 64.2 Å². The fourth-order valence-corrected chi connectivity index (χ4v) is 2.93. The number of fused-ring (bicyclic) bond motifs is 1. The van der Waals surface area contributed by atoms with Crippen LogP contribution in [-0.4, -0.2) is 26.4 Å². The molecular formula is C17H17N5O2. The van der Waals surface area contributed by atoms with E-state index >= 15 is 0 Å². The number of oxazole rings is 1. The van der Waals surface area contributed by atoms with Crippen molar-refractivity contribution in [2.24, 2.45) is 0 Å². The summed E-state index contributed by atoms with van der Waals surface area (Å²) < 4.78 is 5.28. The molecule has 0 unspecified atom stereocenters. The Labute approximate surface area is 138 Å². The van der Waals surface area contributed by atoms with E-state index in [2.05, 4.69) is 19.9 Å². The molecule has 0 saturated heterocycles. The Morgan fingerprint density at radius 3 is 2.88 bits per heavy atom. The average molecular weight is 323 g/mol. The fraction of sp³-hybridized carbons (Fsp3) is 0.235. The molecule has 0 saturated carbocycles. The fourth-order valence-electron chi connectivity index (χ4n) is 2.93. The Bertz CT molecular complexity index is 900. The van der Waals surface area contributed by atoms with Crippen molar-refractivity contribution in [2.75, 3.05) is 12.3 Å². The highest BCUT2D eigenvalue weighted by molar-refractivity contribution is 5.58. The summed E-state index contributed by atoms with van der Waals surface area (Å²) in [5.41, 5.74) is 8.74. The highest BCUT2D eigenvalue weighted by atomic mass is 16.3. The molecule has 3 heterocycles. The Kier molecular flexibility index (Phi) is 3.62. The zero-order valence-electron chi connectivity index (χ0n) is 13.0. The first-order valence-electron chi connectivity index (χ1n) is 7.77. The molecular weight excluding hydrogens is 306 g/mol. The average Bonchev–Trinajstić information content (AvgIpc) is 3.09. The molecule has 0 fully saturated rings. The summed E-state index contributed by atoms with van der Waals surface area (Å²) in [6.45, 7) is 2.02. The lowest BCUT2D eigenvalue weighted by atomic mass is 10.1. The van der Waals surface area contributed by atoms with Crippen LogP contribution >= 0.6 is 0 Å². The molecule has 4 rings (SSSR count). The highest BCUT2D eigenvalue weighted by Crippen LogP contribution is 2.20. The van der Waals surface area contributed by atoms with Crippen molar-refractivity contribution in [3.63, 3.8) is 0 Å². The van der Waals surface area contributed by atoms with Gasteiger partial charge in [-0.25, -0.2) is 9.97 Å². The second kappa shape index (κ2) is 5.93. The van der Waals surface area contributed by atoms with Crippen LogP contribution in [-0.2, 0) is 19.5 Å². The zero-order valence-corrected chi connectivity index (χ0v) is 13.0. The normalized spacial score (nSPS) is 14.5. The van der Waals surface area contributed by atoms with E-state index in [4.69, 9.17) is 10.2 Å². The number of rotatable bonds is 3. The number of nitrogens with two attached hydrogens (primary N) is 1. The van der Waals surface area contributed by atoms with Crippen molar-refractivity contribution in [2.45, 2.75) is 19.5 Å². The molecule has 1 aliphatic rings. The molecule has 0 aliphatic carbocycles. The van der Waals surface area contributed by atoms with Gasteiger partial charge in [0.15, 0.2) is 6.39 Å². The molecule has 122 valence electrons. The van der Waals surface area contributed by atoms with E-state index < -0.39 is 0 Å². The number of benzene rings is 1. The van der Waals surface area contributed by atoms with E-state index in [0.29, 0.717) is 24.6 Å². The largest absolute Gasteiger partial charge is 0.447 e. The van der Waals surface area contributed by atoms with Gasteiger partial charge >= 0.3 is 0 Å². The molecule has 24 heavy (non-hydrogen) atoms. The number of nitrogen functional groups attached to an aromatic ring is 1. The number of anilines is 1. The Balaban J connectivity index is 1.61. The molecule has 1 aliphatic heterocycles. The van der Waals surface area contributed by atoms with Crippen molar-refractivity contribution < 1.29 is 4.42 Å². The van der Waals surface area contributed by atoms with Crippen LogP contribution in [0, 0.1) is 0 Å². The van der Waals surface area contributed by atoms with E-state index in [9.17, 15) is 4.79 Å². The number of nitrogens with zero attached hydrogens (tertiary/aromatic N) is 3. The summed E-state index contributed by atoms with van der Waals surface area (Å²) in [6.07, 6.45) is 3.85. The number of aromatic nitrogens is 3. The van der Waals surface area contributed by atoms with E-state index in [0.717, 1.165) is 35.5 Å². The standard InChI is InChI=1S/C17H17N5O2/c18-12-3-1-11(2-4-12)16-20-15-5-6-22(8-13-7-19-10-24-13)9-14(15)17(23)21-16/h1-4,7,10H,5-6,8-9,18H2,(H,20,21,23). The summed E-state index contributed by atoms with van der Waals surface area (Å²) in [7, 11) is 0. The highest BCUT2D eigenvalue weighted by Gasteiger charge is 2.22. The Morgan fingerprint density at radius 2 is 2.12 bits per heavy atom. The lowest BCUT2D eigenvalue weighted by Gasteiger charge is -2.26. The van der Waals surface area contributed by atoms with Gasteiger partial charge in [-0.15, -0.1) is 0 Å². The maximum absolute atomic E-state index is 12.5. The van der Waals surface area contributed by atoms with E-state index in [1.165, 1.54) is 6.39 Å². The van der Waals surface area contributed by atoms with Crippen LogP contribution < -0.4 is 11.3 Å². The van der Waals surface area contributed by atoms with Gasteiger partial charge in [-0.05, 0) is 24.3 Å². The molecule has 0 amide bonds. The molecule has 3 aromatic rings. The maximum Gasteiger partial charge on any atom is 0.255 e. The summed E-state index contributed by atoms with van der Waals surface area (Å²) in [5, 5.41) is 0. The monoisotopic (exact) mass is 323 g/mol. The molecule has 1 aromatic carbocycles. The summed E-state index contributed by atoms with van der Waals surface area (Å²) >= 11 is 0. The lowest BCUT2D eigenvalue weighted by molar-refractivity contribution is 0.222. The molecule has 0 bridgehead atoms. The van der Waals surface area contributed by atoms with Crippen molar-refractivity contribution >= 4 is 5.69 Å². The first-order valence-corrected chi connectivity index (χ1v) is 7.77.